The zero-order valence-electron chi connectivity index (χ0n) is 14.4. The van der Waals surface area contributed by atoms with Crippen molar-refractivity contribution in [1.82, 2.24) is 0 Å². The summed E-state index contributed by atoms with van der Waals surface area (Å²) in [6.45, 7) is 3.98. The molecule has 1 aliphatic heterocycles. The van der Waals surface area contributed by atoms with Gasteiger partial charge in [0.15, 0.2) is 0 Å². The Hall–Kier alpha value is -2.04. The number of halogens is 2. The van der Waals surface area contributed by atoms with Gasteiger partial charge in [0.1, 0.15) is 5.69 Å². The zero-order chi connectivity index (χ0) is 18.6. The summed E-state index contributed by atoms with van der Waals surface area (Å²) < 4.78 is 0. The van der Waals surface area contributed by atoms with Crippen molar-refractivity contribution >= 4 is 34.6 Å². The molecule has 1 N–H and O–H groups in total. The number of hydrogen-bond acceptors (Lipinski definition) is 3. The number of hydrogen-bond donors (Lipinski definition) is 1. The second kappa shape index (κ2) is 6.29. The van der Waals surface area contributed by atoms with E-state index in [0.29, 0.717) is 21.7 Å². The zero-order valence-corrected chi connectivity index (χ0v) is 15.9. The Morgan fingerprint density at radius 1 is 1.19 bits per heavy atom. The molecule has 2 aromatic rings. The van der Waals surface area contributed by atoms with Crippen molar-refractivity contribution in [3.8, 4) is 0 Å². The van der Waals surface area contributed by atoms with E-state index < -0.39 is 0 Å². The van der Waals surface area contributed by atoms with Crippen molar-refractivity contribution in [1.29, 1.82) is 0 Å². The van der Waals surface area contributed by atoms with Gasteiger partial charge < -0.3 is 5.32 Å². The minimum atomic E-state index is -0.302. The van der Waals surface area contributed by atoms with E-state index in [1.54, 1.807) is 12.1 Å². The fraction of sp³-hybridized carbons (Fsp3) is 0.300. The molecule has 2 aliphatic rings. The number of fused-ring (bicyclic) bond motifs is 3. The Balaban J connectivity index is 1.90. The van der Waals surface area contributed by atoms with Gasteiger partial charge in [0.2, 0.25) is 0 Å². The van der Waals surface area contributed by atoms with E-state index in [-0.39, 0.29) is 22.6 Å². The van der Waals surface area contributed by atoms with E-state index in [4.69, 9.17) is 23.2 Å². The third kappa shape index (κ3) is 2.60. The molecule has 3 unspecified atom stereocenters. The average Bonchev–Trinajstić information content (AvgIpc) is 3.08. The SMILES string of the molecule is Cc1cc([N+](=O)[O-])c2c(c1C)C1C=CCC1C(c1ccc(Cl)c(Cl)c1)N2. The highest BCUT2D eigenvalue weighted by molar-refractivity contribution is 6.42. The van der Waals surface area contributed by atoms with Crippen LogP contribution in [0.25, 0.3) is 0 Å². The average molecular weight is 389 g/mol. The van der Waals surface area contributed by atoms with Crippen LogP contribution < -0.4 is 5.32 Å². The van der Waals surface area contributed by atoms with Gasteiger partial charge in [-0.1, -0.05) is 41.4 Å². The van der Waals surface area contributed by atoms with Crippen LogP contribution in [0.3, 0.4) is 0 Å². The lowest BCUT2D eigenvalue weighted by molar-refractivity contribution is -0.384. The topological polar surface area (TPSA) is 55.2 Å². The number of benzene rings is 2. The lowest BCUT2D eigenvalue weighted by Gasteiger charge is -2.38. The van der Waals surface area contributed by atoms with Gasteiger partial charge in [-0.3, -0.25) is 10.1 Å². The van der Waals surface area contributed by atoms with Gasteiger partial charge in [0.25, 0.3) is 5.69 Å². The number of nitro benzene ring substituents is 1. The Labute approximate surface area is 162 Å². The number of nitrogens with zero attached hydrogens (tertiary/aromatic N) is 1. The summed E-state index contributed by atoms with van der Waals surface area (Å²) in [5, 5.41) is 16.1. The predicted octanol–water partition coefficient (Wildman–Crippen LogP) is 6.34. The molecule has 0 bridgehead atoms. The molecule has 2 aromatic carbocycles. The number of nitro groups is 1. The van der Waals surface area contributed by atoms with E-state index in [9.17, 15) is 10.1 Å². The first kappa shape index (κ1) is 17.4. The summed E-state index contributed by atoms with van der Waals surface area (Å²) >= 11 is 12.3. The third-order valence-corrected chi connectivity index (χ3v) is 6.39. The van der Waals surface area contributed by atoms with Crippen molar-refractivity contribution in [2.45, 2.75) is 32.2 Å². The van der Waals surface area contributed by atoms with E-state index in [1.807, 2.05) is 26.0 Å². The monoisotopic (exact) mass is 388 g/mol. The molecule has 6 heteroatoms. The summed E-state index contributed by atoms with van der Waals surface area (Å²) in [5.74, 6) is 0.448. The highest BCUT2D eigenvalue weighted by atomic mass is 35.5. The van der Waals surface area contributed by atoms with E-state index in [2.05, 4.69) is 17.5 Å². The molecular formula is C20H18Cl2N2O2. The smallest absolute Gasteiger partial charge is 0.292 e. The molecule has 26 heavy (non-hydrogen) atoms. The van der Waals surface area contributed by atoms with Crippen molar-refractivity contribution in [2.24, 2.45) is 5.92 Å². The van der Waals surface area contributed by atoms with E-state index in [1.165, 1.54) is 0 Å². The Bertz CT molecular complexity index is 955. The van der Waals surface area contributed by atoms with Gasteiger partial charge in [-0.15, -0.1) is 0 Å². The summed E-state index contributed by atoms with van der Waals surface area (Å²) in [5.41, 5.74) is 4.87. The first-order valence-electron chi connectivity index (χ1n) is 8.55. The normalized spacial score (nSPS) is 23.3. The van der Waals surface area contributed by atoms with Gasteiger partial charge in [-0.05, 0) is 60.6 Å². The van der Waals surface area contributed by atoms with Crippen LogP contribution in [0, 0.1) is 29.9 Å². The fourth-order valence-electron chi connectivity index (χ4n) is 4.26. The molecule has 0 radical (unpaired) electrons. The number of rotatable bonds is 2. The minimum absolute atomic E-state index is 0.0573. The van der Waals surface area contributed by atoms with Crippen LogP contribution in [0.2, 0.25) is 10.0 Å². The van der Waals surface area contributed by atoms with Crippen LogP contribution in [0.4, 0.5) is 11.4 Å². The molecular weight excluding hydrogens is 371 g/mol. The van der Waals surface area contributed by atoms with Crippen LogP contribution in [0.15, 0.2) is 36.4 Å². The summed E-state index contributed by atoms with van der Waals surface area (Å²) in [6, 6.07) is 7.18. The lowest BCUT2D eigenvalue weighted by atomic mass is 9.74. The highest BCUT2D eigenvalue weighted by Crippen LogP contribution is 2.53. The Morgan fingerprint density at radius 3 is 2.65 bits per heavy atom. The molecule has 1 aliphatic carbocycles. The Kier molecular flexibility index (Phi) is 4.20. The molecule has 0 fully saturated rings. The Morgan fingerprint density at radius 2 is 1.96 bits per heavy atom. The molecule has 0 aromatic heterocycles. The maximum absolute atomic E-state index is 11.7. The van der Waals surface area contributed by atoms with E-state index >= 15 is 0 Å². The van der Waals surface area contributed by atoms with Crippen molar-refractivity contribution < 1.29 is 4.92 Å². The number of aryl methyl sites for hydroxylation is 1. The summed E-state index contributed by atoms with van der Waals surface area (Å²) in [7, 11) is 0. The van der Waals surface area contributed by atoms with Crippen molar-refractivity contribution in [3.05, 3.63) is 78.8 Å². The molecule has 1 heterocycles. The van der Waals surface area contributed by atoms with Gasteiger partial charge in [-0.2, -0.15) is 0 Å². The maximum Gasteiger partial charge on any atom is 0.292 e. The highest BCUT2D eigenvalue weighted by Gasteiger charge is 2.41. The molecule has 4 rings (SSSR count). The second-order valence-corrected chi connectivity index (χ2v) is 7.85. The molecule has 4 nitrogen and oxygen atoms in total. The second-order valence-electron chi connectivity index (χ2n) is 7.03. The number of nitrogens with one attached hydrogen (secondary N) is 1. The molecule has 0 saturated heterocycles. The van der Waals surface area contributed by atoms with Crippen LogP contribution in [0.1, 0.15) is 40.6 Å². The fourth-order valence-corrected chi connectivity index (χ4v) is 4.57. The predicted molar refractivity (Wildman–Crippen MR) is 105 cm³/mol. The van der Waals surface area contributed by atoms with Gasteiger partial charge in [-0.25, -0.2) is 0 Å². The third-order valence-electron chi connectivity index (χ3n) is 5.65. The summed E-state index contributed by atoms with van der Waals surface area (Å²) in [4.78, 5) is 11.4. The van der Waals surface area contributed by atoms with Crippen molar-refractivity contribution in [3.63, 3.8) is 0 Å². The number of anilines is 1. The van der Waals surface area contributed by atoms with E-state index in [0.717, 1.165) is 28.7 Å². The van der Waals surface area contributed by atoms with Crippen molar-refractivity contribution in [2.75, 3.05) is 5.32 Å². The van der Waals surface area contributed by atoms with Crippen LogP contribution in [-0.4, -0.2) is 4.92 Å². The minimum Gasteiger partial charge on any atom is -0.372 e. The first-order valence-corrected chi connectivity index (χ1v) is 9.30. The van der Waals surface area contributed by atoms with Gasteiger partial charge in [0.05, 0.1) is 21.0 Å². The molecule has 0 amide bonds. The molecule has 3 atom stereocenters. The van der Waals surface area contributed by atoms with Gasteiger partial charge in [0, 0.05) is 12.0 Å². The molecule has 0 saturated carbocycles. The lowest BCUT2D eigenvalue weighted by Crippen LogP contribution is -2.30. The first-order chi connectivity index (χ1) is 12.4. The molecule has 0 spiro atoms. The summed E-state index contributed by atoms with van der Waals surface area (Å²) in [6.07, 6.45) is 5.28. The quantitative estimate of drug-likeness (QED) is 0.370. The largest absolute Gasteiger partial charge is 0.372 e. The van der Waals surface area contributed by atoms with Gasteiger partial charge >= 0.3 is 0 Å². The maximum atomic E-state index is 11.7. The number of allylic oxidation sites excluding steroid dienone is 2. The molecule has 134 valence electrons. The van der Waals surface area contributed by atoms with Crippen LogP contribution in [-0.2, 0) is 0 Å². The van der Waals surface area contributed by atoms with Crippen LogP contribution in [0.5, 0.6) is 0 Å². The standard InChI is InChI=1S/C20H18Cl2N2O2/c1-10-8-17(24(25)26)20-18(11(10)2)13-4-3-5-14(13)19(23-20)12-6-7-15(21)16(22)9-12/h3-4,6-9,13-14,19,23H,5H2,1-2H3. The van der Waals surface area contributed by atoms with Crippen LogP contribution >= 0.6 is 23.2 Å².